The molecule has 0 unspecified atom stereocenters. The van der Waals surface area contributed by atoms with Crippen LogP contribution in [-0.2, 0) is 19.1 Å². The molecule has 0 atom stereocenters. The molecule has 0 bridgehead atoms. The molecule has 0 aromatic heterocycles. The lowest BCUT2D eigenvalue weighted by Gasteiger charge is -2.11. The van der Waals surface area contributed by atoms with Gasteiger partial charge in [0.1, 0.15) is 11.5 Å². The van der Waals surface area contributed by atoms with E-state index in [9.17, 15) is 9.59 Å². The largest absolute Gasteiger partial charge is 0.491 e. The predicted octanol–water partition coefficient (Wildman–Crippen LogP) is 15.2. The lowest BCUT2D eigenvalue weighted by Crippen LogP contribution is -2.08. The first-order chi connectivity index (χ1) is 26.2. The average molecular weight is 1420 g/mol. The van der Waals surface area contributed by atoms with E-state index >= 15 is 0 Å². The fourth-order valence-corrected chi connectivity index (χ4v) is 13.8. The number of hydrogen-bond acceptors (Lipinski definition) is 6. The summed E-state index contributed by atoms with van der Waals surface area (Å²) in [5, 5.41) is 0. The van der Waals surface area contributed by atoms with Crippen LogP contribution in [0, 0.1) is 21.4 Å². The van der Waals surface area contributed by atoms with E-state index in [0.29, 0.717) is 26.1 Å². The standard InChI is InChI=1S/C42H60I6O6/c43-33-29-35(45)41(36(46)30-33)53-27-19-15-11-7-3-1-5-9-13-17-23-39(49)51-25-21-22-26-52-40(50)24-18-14-10-6-2-4-8-12-16-20-28-54-42-37(47)31-34(44)32-38(42)48/h29-32H,1-28H2. The lowest BCUT2D eigenvalue weighted by atomic mass is 10.1. The molecule has 0 aliphatic carbocycles. The van der Waals surface area contributed by atoms with E-state index in [2.05, 4.69) is 160 Å². The van der Waals surface area contributed by atoms with Crippen molar-refractivity contribution in [2.24, 2.45) is 0 Å². The van der Waals surface area contributed by atoms with Crippen molar-refractivity contribution in [3.63, 3.8) is 0 Å². The van der Waals surface area contributed by atoms with E-state index in [4.69, 9.17) is 18.9 Å². The molecule has 2 rings (SSSR count). The van der Waals surface area contributed by atoms with Crippen molar-refractivity contribution >= 4 is 147 Å². The molecule has 2 aromatic carbocycles. The molecule has 12 heteroatoms. The molecule has 0 saturated heterocycles. The summed E-state index contributed by atoms with van der Waals surface area (Å²) >= 11 is 14.1. The quantitative estimate of drug-likeness (QED) is 0.0403. The van der Waals surface area contributed by atoms with E-state index in [0.717, 1.165) is 76.1 Å². The lowest BCUT2D eigenvalue weighted by molar-refractivity contribution is -0.146. The Morgan fingerprint density at radius 3 is 0.889 bits per heavy atom. The second-order valence-electron chi connectivity index (χ2n) is 13.8. The van der Waals surface area contributed by atoms with Crippen LogP contribution in [0.4, 0.5) is 0 Å². The number of ether oxygens (including phenoxy) is 4. The first-order valence-electron chi connectivity index (χ1n) is 20.0. The zero-order valence-corrected chi connectivity index (χ0v) is 44.8. The number of carbonyl (C=O) groups excluding carboxylic acids is 2. The van der Waals surface area contributed by atoms with Gasteiger partial charge in [0.15, 0.2) is 0 Å². The Bertz CT molecular complexity index is 1180. The van der Waals surface area contributed by atoms with Crippen LogP contribution < -0.4 is 9.47 Å². The van der Waals surface area contributed by atoms with Gasteiger partial charge in [0.2, 0.25) is 0 Å². The summed E-state index contributed by atoms with van der Waals surface area (Å²) in [6.45, 7) is 2.40. The highest BCUT2D eigenvalue weighted by Gasteiger charge is 2.10. The topological polar surface area (TPSA) is 71.1 Å². The van der Waals surface area contributed by atoms with Crippen molar-refractivity contribution < 1.29 is 28.5 Å². The van der Waals surface area contributed by atoms with Crippen LogP contribution in [0.5, 0.6) is 11.5 Å². The molecule has 306 valence electrons. The minimum atomic E-state index is -0.105. The molecular formula is C42H60I6O6. The Balaban J connectivity index is 1.25. The van der Waals surface area contributed by atoms with E-state index < -0.39 is 0 Å². The summed E-state index contributed by atoms with van der Waals surface area (Å²) in [4.78, 5) is 24.1. The number of esters is 2. The van der Waals surface area contributed by atoms with Crippen molar-refractivity contribution in [2.45, 2.75) is 154 Å². The summed E-state index contributed by atoms with van der Waals surface area (Å²) in [5.74, 6) is 1.85. The number of unbranched alkanes of at least 4 members (excludes halogenated alkanes) is 19. The van der Waals surface area contributed by atoms with Crippen LogP contribution in [-0.4, -0.2) is 38.4 Å². The van der Waals surface area contributed by atoms with Gasteiger partial charge in [-0.1, -0.05) is 103 Å². The summed E-state index contributed by atoms with van der Waals surface area (Å²) < 4.78 is 30.1. The number of hydrogen-bond donors (Lipinski definition) is 0. The minimum Gasteiger partial charge on any atom is -0.491 e. The third kappa shape index (κ3) is 26.5. The smallest absolute Gasteiger partial charge is 0.305 e. The van der Waals surface area contributed by atoms with Crippen LogP contribution in [0.3, 0.4) is 0 Å². The number of rotatable bonds is 33. The number of benzene rings is 2. The molecule has 0 fully saturated rings. The van der Waals surface area contributed by atoms with Crippen LogP contribution in [0.15, 0.2) is 24.3 Å². The van der Waals surface area contributed by atoms with E-state index in [1.807, 2.05) is 0 Å². The van der Waals surface area contributed by atoms with Crippen LogP contribution in [0.25, 0.3) is 0 Å². The third-order valence-electron chi connectivity index (χ3n) is 9.03. The van der Waals surface area contributed by atoms with Crippen LogP contribution in [0.1, 0.15) is 154 Å². The van der Waals surface area contributed by atoms with Gasteiger partial charge < -0.3 is 18.9 Å². The molecule has 0 spiro atoms. The van der Waals surface area contributed by atoms with Gasteiger partial charge in [-0.15, -0.1) is 0 Å². The average Bonchev–Trinajstić information content (AvgIpc) is 3.12. The SMILES string of the molecule is O=C(CCCCCCCCCCCCOc1c(I)cc(I)cc1I)OCCCCOC(=O)CCCCCCCCCCCCOc1c(I)cc(I)cc1I. The predicted molar refractivity (Wildman–Crippen MR) is 273 cm³/mol. The van der Waals surface area contributed by atoms with Crippen molar-refractivity contribution in [3.8, 4) is 11.5 Å². The zero-order chi connectivity index (χ0) is 39.2. The van der Waals surface area contributed by atoms with Crippen LogP contribution in [0.2, 0.25) is 0 Å². The number of halogens is 6. The molecule has 0 N–H and O–H groups in total. The Labute approximate surface area is 408 Å². The second kappa shape index (κ2) is 34.1. The normalized spacial score (nSPS) is 11.1. The maximum Gasteiger partial charge on any atom is 0.305 e. The van der Waals surface area contributed by atoms with Crippen LogP contribution >= 0.6 is 136 Å². The van der Waals surface area contributed by atoms with E-state index in [1.54, 1.807) is 0 Å². The van der Waals surface area contributed by atoms with Gasteiger partial charge in [0.25, 0.3) is 0 Å². The fourth-order valence-electron chi connectivity index (χ4n) is 5.97. The monoisotopic (exact) mass is 1420 g/mol. The Hall–Kier alpha value is 1.36. The molecule has 0 aliphatic rings. The first-order valence-corrected chi connectivity index (χ1v) is 26.5. The molecule has 0 aliphatic heterocycles. The van der Waals surface area contributed by atoms with Gasteiger partial charge in [-0.05, 0) is 198 Å². The van der Waals surface area contributed by atoms with Gasteiger partial charge in [-0.3, -0.25) is 9.59 Å². The van der Waals surface area contributed by atoms with Gasteiger partial charge in [0.05, 0.1) is 40.7 Å². The molecular weight excluding hydrogens is 1360 g/mol. The van der Waals surface area contributed by atoms with Gasteiger partial charge in [-0.2, -0.15) is 0 Å². The summed E-state index contributed by atoms with van der Waals surface area (Å²) in [7, 11) is 0. The highest BCUT2D eigenvalue weighted by atomic mass is 127. The van der Waals surface area contributed by atoms with Crippen molar-refractivity contribution in [2.75, 3.05) is 26.4 Å². The molecule has 0 amide bonds. The highest BCUT2D eigenvalue weighted by molar-refractivity contribution is 14.1. The van der Waals surface area contributed by atoms with Crippen molar-refractivity contribution in [1.29, 1.82) is 0 Å². The van der Waals surface area contributed by atoms with Gasteiger partial charge in [-0.25, -0.2) is 0 Å². The fraction of sp³-hybridized carbons (Fsp3) is 0.667. The first kappa shape index (κ1) is 51.5. The molecule has 0 saturated carbocycles. The maximum atomic E-state index is 12.0. The molecule has 2 aromatic rings. The second-order valence-corrected chi connectivity index (χ2v) is 21.0. The zero-order valence-electron chi connectivity index (χ0n) is 31.8. The Kier molecular flexibility index (Phi) is 32.5. The molecule has 0 radical (unpaired) electrons. The van der Waals surface area contributed by atoms with E-state index in [1.165, 1.54) is 111 Å². The summed E-state index contributed by atoms with van der Waals surface area (Å²) in [6.07, 6.45) is 26.2. The maximum absolute atomic E-state index is 12.0. The van der Waals surface area contributed by atoms with E-state index in [-0.39, 0.29) is 11.9 Å². The van der Waals surface area contributed by atoms with Crippen molar-refractivity contribution in [1.82, 2.24) is 0 Å². The molecule has 54 heavy (non-hydrogen) atoms. The Morgan fingerprint density at radius 1 is 0.352 bits per heavy atom. The number of carbonyl (C=O) groups is 2. The highest BCUT2D eigenvalue weighted by Crippen LogP contribution is 2.31. The third-order valence-corrected chi connectivity index (χ3v) is 13.5. The summed E-state index contributed by atoms with van der Waals surface area (Å²) in [6, 6.07) is 8.65. The molecule has 0 heterocycles. The van der Waals surface area contributed by atoms with Gasteiger partial charge >= 0.3 is 11.9 Å². The minimum absolute atomic E-state index is 0.105. The molecule has 6 nitrogen and oxygen atoms in total. The Morgan fingerprint density at radius 2 is 0.593 bits per heavy atom. The van der Waals surface area contributed by atoms with Gasteiger partial charge in [0, 0.05) is 20.0 Å². The van der Waals surface area contributed by atoms with Crippen molar-refractivity contribution in [3.05, 3.63) is 45.7 Å². The summed E-state index contributed by atoms with van der Waals surface area (Å²) in [5.41, 5.74) is 0.